The van der Waals surface area contributed by atoms with E-state index in [1.807, 2.05) is 0 Å². The van der Waals surface area contributed by atoms with E-state index >= 15 is 0 Å². The van der Waals surface area contributed by atoms with Gasteiger partial charge in [-0.05, 0) is 28.4 Å². The van der Waals surface area contributed by atoms with Crippen LogP contribution in [0.4, 0.5) is 11.4 Å². The molecule has 18 heavy (non-hydrogen) atoms. The minimum atomic E-state index is -0.433. The van der Waals surface area contributed by atoms with Gasteiger partial charge in [-0.2, -0.15) is 0 Å². The Bertz CT molecular complexity index is 401. The van der Waals surface area contributed by atoms with Crippen molar-refractivity contribution in [3.63, 3.8) is 0 Å². The van der Waals surface area contributed by atoms with Crippen LogP contribution in [0.3, 0.4) is 0 Å². The highest BCUT2D eigenvalue weighted by molar-refractivity contribution is 9.10. The highest BCUT2D eigenvalue weighted by Crippen LogP contribution is 2.26. The van der Waals surface area contributed by atoms with Crippen LogP contribution >= 0.6 is 15.9 Å². The molecule has 1 aromatic rings. The van der Waals surface area contributed by atoms with E-state index in [0.717, 1.165) is 12.1 Å². The van der Waals surface area contributed by atoms with Gasteiger partial charge in [0.1, 0.15) is 0 Å². The molecule has 2 N–H and O–H groups in total. The lowest BCUT2D eigenvalue weighted by atomic mass is 10.3. The Kier molecular flexibility index (Phi) is 6.63. The van der Waals surface area contributed by atoms with Crippen molar-refractivity contribution >= 4 is 27.3 Å². The number of aliphatic hydroxyl groups is 1. The van der Waals surface area contributed by atoms with Crippen molar-refractivity contribution in [3.05, 3.63) is 32.8 Å². The molecule has 0 aromatic heterocycles. The summed E-state index contributed by atoms with van der Waals surface area (Å²) in [6.45, 7) is 1.64. The van der Waals surface area contributed by atoms with Gasteiger partial charge in [0.25, 0.3) is 5.69 Å². The Morgan fingerprint density at radius 1 is 1.44 bits per heavy atom. The smallest absolute Gasteiger partial charge is 0.270 e. The third-order valence-electron chi connectivity index (χ3n) is 2.18. The van der Waals surface area contributed by atoms with Crippen molar-refractivity contribution in [1.29, 1.82) is 0 Å². The maximum atomic E-state index is 10.6. The highest BCUT2D eigenvalue weighted by atomic mass is 79.9. The molecule has 7 heteroatoms. The molecule has 0 radical (unpaired) electrons. The molecule has 1 aromatic carbocycles. The number of hydrogen-bond acceptors (Lipinski definition) is 5. The number of anilines is 1. The summed E-state index contributed by atoms with van der Waals surface area (Å²) in [5.74, 6) is 0. The van der Waals surface area contributed by atoms with Gasteiger partial charge in [-0.15, -0.1) is 0 Å². The zero-order valence-corrected chi connectivity index (χ0v) is 11.4. The molecule has 0 aliphatic carbocycles. The summed E-state index contributed by atoms with van der Waals surface area (Å²) >= 11 is 3.28. The molecular weight excluding hydrogens is 304 g/mol. The number of ether oxygens (including phenoxy) is 1. The van der Waals surface area contributed by atoms with Gasteiger partial charge in [0.2, 0.25) is 0 Å². The van der Waals surface area contributed by atoms with Gasteiger partial charge in [0, 0.05) is 35.4 Å². The largest absolute Gasteiger partial charge is 0.394 e. The number of benzene rings is 1. The Balaban J connectivity index is 2.36. The highest BCUT2D eigenvalue weighted by Gasteiger charge is 2.08. The van der Waals surface area contributed by atoms with Crippen molar-refractivity contribution in [2.45, 2.75) is 6.42 Å². The molecule has 0 aliphatic heterocycles. The molecule has 1 rings (SSSR count). The number of nitro groups is 1. The lowest BCUT2D eigenvalue weighted by Gasteiger charge is -2.08. The van der Waals surface area contributed by atoms with Crippen molar-refractivity contribution in [1.82, 2.24) is 0 Å². The number of nitrogens with one attached hydrogen (secondary N) is 1. The molecule has 0 fully saturated rings. The Morgan fingerprint density at radius 2 is 2.22 bits per heavy atom. The lowest BCUT2D eigenvalue weighted by molar-refractivity contribution is -0.384. The second-order valence-electron chi connectivity index (χ2n) is 3.54. The second-order valence-corrected chi connectivity index (χ2v) is 4.39. The number of nitro benzene ring substituents is 1. The van der Waals surface area contributed by atoms with Gasteiger partial charge < -0.3 is 15.2 Å². The van der Waals surface area contributed by atoms with E-state index in [1.54, 1.807) is 6.07 Å². The SMILES string of the molecule is O=[N+]([O-])c1ccc(NCCCOCCO)c(Br)c1. The number of aliphatic hydroxyl groups excluding tert-OH is 1. The van der Waals surface area contributed by atoms with Gasteiger partial charge in [0.05, 0.1) is 18.1 Å². The first-order valence-electron chi connectivity index (χ1n) is 5.51. The Hall–Kier alpha value is -1.18. The fourth-order valence-electron chi connectivity index (χ4n) is 1.32. The molecule has 0 atom stereocenters. The minimum absolute atomic E-state index is 0.0291. The van der Waals surface area contributed by atoms with Crippen LogP contribution in [0.2, 0.25) is 0 Å². The topological polar surface area (TPSA) is 84.6 Å². The van der Waals surface area contributed by atoms with Crippen LogP contribution in [0.1, 0.15) is 6.42 Å². The summed E-state index contributed by atoms with van der Waals surface area (Å²) in [6, 6.07) is 4.58. The number of hydrogen-bond donors (Lipinski definition) is 2. The first-order chi connectivity index (χ1) is 8.65. The number of halogens is 1. The van der Waals surface area contributed by atoms with E-state index in [1.165, 1.54) is 12.1 Å². The second kappa shape index (κ2) is 8.02. The van der Waals surface area contributed by atoms with Crippen LogP contribution in [0, 0.1) is 10.1 Å². The summed E-state index contributed by atoms with van der Waals surface area (Å²) in [4.78, 5) is 10.1. The van der Waals surface area contributed by atoms with E-state index < -0.39 is 4.92 Å². The third-order valence-corrected chi connectivity index (χ3v) is 2.84. The van der Waals surface area contributed by atoms with E-state index in [2.05, 4.69) is 21.2 Å². The molecule has 0 spiro atoms. The molecule has 0 unspecified atom stereocenters. The van der Waals surface area contributed by atoms with Crippen LogP contribution in [-0.4, -0.2) is 36.4 Å². The minimum Gasteiger partial charge on any atom is -0.394 e. The van der Waals surface area contributed by atoms with Crippen molar-refractivity contribution < 1.29 is 14.8 Å². The maximum Gasteiger partial charge on any atom is 0.270 e. The van der Waals surface area contributed by atoms with Crippen LogP contribution in [-0.2, 0) is 4.74 Å². The quantitative estimate of drug-likeness (QED) is 0.436. The summed E-state index contributed by atoms with van der Waals surface area (Å²) in [5.41, 5.74) is 0.862. The average Bonchev–Trinajstić information content (AvgIpc) is 2.35. The number of rotatable bonds is 8. The molecule has 0 saturated heterocycles. The fourth-order valence-corrected chi connectivity index (χ4v) is 1.83. The Labute approximate surface area is 113 Å². The van der Waals surface area contributed by atoms with Gasteiger partial charge in [-0.25, -0.2) is 0 Å². The molecule has 100 valence electrons. The summed E-state index contributed by atoms with van der Waals surface area (Å²) < 4.78 is 5.77. The zero-order chi connectivity index (χ0) is 13.4. The fraction of sp³-hybridized carbons (Fsp3) is 0.455. The van der Waals surface area contributed by atoms with Gasteiger partial charge in [0.15, 0.2) is 0 Å². The van der Waals surface area contributed by atoms with Crippen molar-refractivity contribution in [2.24, 2.45) is 0 Å². The molecule has 0 amide bonds. The standard InChI is InChI=1S/C11H15BrN2O4/c12-10-8-9(14(16)17)2-3-11(10)13-4-1-6-18-7-5-15/h2-3,8,13,15H,1,4-7H2. The van der Waals surface area contributed by atoms with E-state index in [-0.39, 0.29) is 12.3 Å². The van der Waals surface area contributed by atoms with Crippen LogP contribution in [0.5, 0.6) is 0 Å². The van der Waals surface area contributed by atoms with Crippen molar-refractivity contribution in [2.75, 3.05) is 31.7 Å². The average molecular weight is 319 g/mol. The summed E-state index contributed by atoms with van der Waals surface area (Å²) in [6.07, 6.45) is 0.795. The Morgan fingerprint density at radius 3 is 2.83 bits per heavy atom. The maximum absolute atomic E-state index is 10.6. The third kappa shape index (κ3) is 4.99. The van der Waals surface area contributed by atoms with Gasteiger partial charge in [-0.1, -0.05) is 0 Å². The van der Waals surface area contributed by atoms with Crippen LogP contribution in [0.25, 0.3) is 0 Å². The van der Waals surface area contributed by atoms with Crippen molar-refractivity contribution in [3.8, 4) is 0 Å². The molecule has 0 saturated carbocycles. The summed E-state index contributed by atoms with van der Waals surface area (Å²) in [5, 5.41) is 22.2. The molecule has 0 bridgehead atoms. The number of nitrogens with zero attached hydrogens (tertiary/aromatic N) is 1. The molecule has 6 nitrogen and oxygen atoms in total. The monoisotopic (exact) mass is 318 g/mol. The zero-order valence-electron chi connectivity index (χ0n) is 9.76. The normalized spacial score (nSPS) is 10.3. The first kappa shape index (κ1) is 14.9. The lowest BCUT2D eigenvalue weighted by Crippen LogP contribution is -2.08. The van der Waals surface area contributed by atoms with Crippen LogP contribution < -0.4 is 5.32 Å². The first-order valence-corrected chi connectivity index (χ1v) is 6.31. The van der Waals surface area contributed by atoms with E-state index in [9.17, 15) is 10.1 Å². The predicted octanol–water partition coefficient (Wildman–Crippen LogP) is 2.17. The summed E-state index contributed by atoms with van der Waals surface area (Å²) in [7, 11) is 0. The molecule has 0 heterocycles. The molecular formula is C11H15BrN2O4. The van der Waals surface area contributed by atoms with Crippen LogP contribution in [0.15, 0.2) is 22.7 Å². The van der Waals surface area contributed by atoms with E-state index in [4.69, 9.17) is 9.84 Å². The van der Waals surface area contributed by atoms with Gasteiger partial charge in [-0.3, -0.25) is 10.1 Å². The number of non-ortho nitro benzene ring substituents is 1. The predicted molar refractivity (Wildman–Crippen MR) is 71.8 cm³/mol. The van der Waals surface area contributed by atoms with E-state index in [0.29, 0.717) is 24.2 Å². The molecule has 0 aliphatic rings. The van der Waals surface area contributed by atoms with Gasteiger partial charge >= 0.3 is 0 Å².